The summed E-state index contributed by atoms with van der Waals surface area (Å²) in [5.74, 6) is 1.10. The number of aromatic nitrogens is 4. The van der Waals surface area contributed by atoms with E-state index in [1.807, 2.05) is 37.2 Å². The van der Waals surface area contributed by atoms with E-state index in [-0.39, 0.29) is 17.5 Å². The topological polar surface area (TPSA) is 84.2 Å². The van der Waals surface area contributed by atoms with Crippen LogP contribution >= 0.6 is 0 Å². The predicted molar refractivity (Wildman–Crippen MR) is 106 cm³/mol. The van der Waals surface area contributed by atoms with Crippen molar-refractivity contribution in [3.8, 4) is 0 Å². The van der Waals surface area contributed by atoms with Gasteiger partial charge in [0.2, 0.25) is 0 Å². The highest BCUT2D eigenvalue weighted by molar-refractivity contribution is 5.92. The van der Waals surface area contributed by atoms with Crippen LogP contribution in [0.2, 0.25) is 0 Å². The zero-order valence-corrected chi connectivity index (χ0v) is 16.2. The molecule has 3 aromatic rings. The first-order chi connectivity index (χ1) is 13.5. The van der Waals surface area contributed by atoms with Gasteiger partial charge in [0.1, 0.15) is 5.82 Å². The van der Waals surface area contributed by atoms with Gasteiger partial charge >= 0.3 is 0 Å². The van der Waals surface area contributed by atoms with E-state index in [2.05, 4.69) is 10.2 Å². The molecule has 0 spiro atoms. The fraction of sp³-hybridized carbons (Fsp3) is 0.350. The molecule has 1 atom stereocenters. The molecule has 0 saturated carbocycles. The van der Waals surface area contributed by atoms with Crippen molar-refractivity contribution in [2.45, 2.75) is 18.9 Å². The second-order valence-corrected chi connectivity index (χ2v) is 7.18. The Morgan fingerprint density at radius 2 is 1.93 bits per heavy atom. The highest BCUT2D eigenvalue weighted by Crippen LogP contribution is 2.32. The number of anilines is 1. The number of rotatable bonds is 3. The van der Waals surface area contributed by atoms with E-state index in [4.69, 9.17) is 4.98 Å². The van der Waals surface area contributed by atoms with E-state index >= 15 is 0 Å². The molecule has 1 aromatic carbocycles. The highest BCUT2D eigenvalue weighted by atomic mass is 16.2. The van der Waals surface area contributed by atoms with Gasteiger partial charge in [-0.15, -0.1) is 10.2 Å². The van der Waals surface area contributed by atoms with Gasteiger partial charge in [0, 0.05) is 27.7 Å². The number of para-hydroxylation sites is 1. The summed E-state index contributed by atoms with van der Waals surface area (Å²) in [6.45, 7) is 0.601. The van der Waals surface area contributed by atoms with Gasteiger partial charge in [0.05, 0.1) is 16.9 Å². The summed E-state index contributed by atoms with van der Waals surface area (Å²) in [6.07, 6.45) is 1.61. The molecule has 0 bridgehead atoms. The second kappa shape index (κ2) is 7.03. The molecule has 0 radical (unpaired) electrons. The summed E-state index contributed by atoms with van der Waals surface area (Å²) in [7, 11) is 5.45. The Hall–Kier alpha value is -3.29. The molecule has 2 aromatic heterocycles. The average Bonchev–Trinajstić information content (AvgIpc) is 3.19. The molecule has 1 aliphatic rings. The molecule has 1 aliphatic heterocycles. The average molecular weight is 378 g/mol. The Labute approximate surface area is 162 Å². The Kier molecular flexibility index (Phi) is 4.54. The molecule has 1 fully saturated rings. The highest BCUT2D eigenvalue weighted by Gasteiger charge is 2.34. The number of benzene rings is 1. The zero-order valence-electron chi connectivity index (χ0n) is 16.2. The molecular weight excluding hydrogens is 356 g/mol. The van der Waals surface area contributed by atoms with Crippen LogP contribution in [0.3, 0.4) is 0 Å². The van der Waals surface area contributed by atoms with Crippen molar-refractivity contribution in [1.29, 1.82) is 0 Å². The van der Waals surface area contributed by atoms with Gasteiger partial charge in [-0.2, -0.15) is 0 Å². The summed E-state index contributed by atoms with van der Waals surface area (Å²) < 4.78 is 1.55. The van der Waals surface area contributed by atoms with E-state index in [1.165, 1.54) is 0 Å². The number of carbonyl (C=O) groups is 1. The standard InChI is InChI=1S/C20H22N6O2/c1-24(2)17-11-10-15(22-23-17)20(28)26-12-6-9-16(26)18-21-14-8-5-4-7-13(14)19(27)25(18)3/h4-5,7-8,10-11,16H,6,9,12H2,1-3H3. The van der Waals surface area contributed by atoms with Gasteiger partial charge in [0.15, 0.2) is 11.5 Å². The smallest absolute Gasteiger partial charge is 0.274 e. The van der Waals surface area contributed by atoms with Crippen LogP contribution in [0.4, 0.5) is 5.82 Å². The minimum atomic E-state index is -0.259. The van der Waals surface area contributed by atoms with Crippen molar-refractivity contribution < 1.29 is 4.79 Å². The number of amides is 1. The maximum absolute atomic E-state index is 13.1. The number of hydrogen-bond acceptors (Lipinski definition) is 6. The third kappa shape index (κ3) is 3.00. The normalized spacial score (nSPS) is 16.5. The minimum absolute atomic E-state index is 0.102. The molecular formula is C20H22N6O2. The minimum Gasteiger partial charge on any atom is -0.361 e. The molecule has 1 amide bonds. The molecule has 1 saturated heterocycles. The first-order valence-electron chi connectivity index (χ1n) is 9.25. The zero-order chi connectivity index (χ0) is 19.8. The number of nitrogens with zero attached hydrogens (tertiary/aromatic N) is 6. The predicted octanol–water partition coefficient (Wildman–Crippen LogP) is 1.77. The summed E-state index contributed by atoms with van der Waals surface area (Å²) in [5, 5.41) is 8.77. The number of carbonyl (C=O) groups excluding carboxylic acids is 1. The Balaban J connectivity index is 1.71. The van der Waals surface area contributed by atoms with Crippen molar-refractivity contribution in [3.63, 3.8) is 0 Å². The quantitative estimate of drug-likeness (QED) is 0.691. The summed E-state index contributed by atoms with van der Waals surface area (Å²) >= 11 is 0. The molecule has 0 aliphatic carbocycles. The van der Waals surface area contributed by atoms with E-state index in [1.54, 1.807) is 34.7 Å². The van der Waals surface area contributed by atoms with Gasteiger partial charge in [-0.1, -0.05) is 12.1 Å². The van der Waals surface area contributed by atoms with Gasteiger partial charge in [0.25, 0.3) is 11.5 Å². The van der Waals surface area contributed by atoms with Crippen molar-refractivity contribution in [2.75, 3.05) is 25.5 Å². The lowest BCUT2D eigenvalue weighted by Gasteiger charge is -2.25. The van der Waals surface area contributed by atoms with Crippen LogP contribution in [0.1, 0.15) is 35.2 Å². The second-order valence-electron chi connectivity index (χ2n) is 7.18. The molecule has 4 rings (SSSR count). The van der Waals surface area contributed by atoms with Crippen molar-refractivity contribution in [3.05, 3.63) is 58.3 Å². The fourth-order valence-corrected chi connectivity index (χ4v) is 3.64. The van der Waals surface area contributed by atoms with Gasteiger partial charge < -0.3 is 9.80 Å². The van der Waals surface area contributed by atoms with E-state index in [0.717, 1.165) is 12.8 Å². The van der Waals surface area contributed by atoms with Gasteiger partial charge in [-0.05, 0) is 37.1 Å². The van der Waals surface area contributed by atoms with Gasteiger partial charge in [-0.3, -0.25) is 14.2 Å². The van der Waals surface area contributed by atoms with Crippen LogP contribution in [-0.2, 0) is 7.05 Å². The molecule has 8 heteroatoms. The first-order valence-corrected chi connectivity index (χ1v) is 9.25. The summed E-state index contributed by atoms with van der Waals surface area (Å²) in [4.78, 5) is 34.1. The number of likely N-dealkylation sites (tertiary alicyclic amines) is 1. The first kappa shape index (κ1) is 18.1. The van der Waals surface area contributed by atoms with Crippen LogP contribution in [0, 0.1) is 0 Å². The van der Waals surface area contributed by atoms with Gasteiger partial charge in [-0.25, -0.2) is 4.98 Å². The molecule has 144 valence electrons. The molecule has 8 nitrogen and oxygen atoms in total. The Bertz CT molecular complexity index is 1090. The van der Waals surface area contributed by atoms with Crippen LogP contribution in [0.15, 0.2) is 41.2 Å². The molecule has 0 N–H and O–H groups in total. The van der Waals surface area contributed by atoms with Crippen LogP contribution < -0.4 is 10.5 Å². The maximum Gasteiger partial charge on any atom is 0.274 e. The Morgan fingerprint density at radius 3 is 2.64 bits per heavy atom. The number of fused-ring (bicyclic) bond motifs is 1. The summed E-state index contributed by atoms with van der Waals surface area (Å²) in [5.41, 5.74) is 0.841. The monoisotopic (exact) mass is 378 g/mol. The SMILES string of the molecule is CN(C)c1ccc(C(=O)N2CCCC2c2nc3ccccc3c(=O)n2C)nn1. The fourth-order valence-electron chi connectivity index (χ4n) is 3.64. The Morgan fingerprint density at radius 1 is 1.14 bits per heavy atom. The van der Waals surface area contributed by atoms with Crippen LogP contribution in [0.25, 0.3) is 10.9 Å². The lowest BCUT2D eigenvalue weighted by molar-refractivity contribution is 0.0720. The lowest BCUT2D eigenvalue weighted by Crippen LogP contribution is -2.35. The van der Waals surface area contributed by atoms with E-state index in [0.29, 0.717) is 34.8 Å². The van der Waals surface area contributed by atoms with Crippen molar-refractivity contribution >= 4 is 22.6 Å². The van der Waals surface area contributed by atoms with Crippen molar-refractivity contribution in [1.82, 2.24) is 24.6 Å². The number of hydrogen-bond donors (Lipinski definition) is 0. The van der Waals surface area contributed by atoms with Crippen molar-refractivity contribution in [2.24, 2.45) is 7.05 Å². The van der Waals surface area contributed by atoms with Crippen LogP contribution in [0.5, 0.6) is 0 Å². The molecule has 3 heterocycles. The van der Waals surface area contributed by atoms with E-state index in [9.17, 15) is 9.59 Å². The molecule has 1 unspecified atom stereocenters. The molecule has 28 heavy (non-hydrogen) atoms. The van der Waals surface area contributed by atoms with Crippen LogP contribution in [-0.4, -0.2) is 51.2 Å². The third-order valence-corrected chi connectivity index (χ3v) is 5.16. The maximum atomic E-state index is 13.1. The third-order valence-electron chi connectivity index (χ3n) is 5.16. The van der Waals surface area contributed by atoms with E-state index < -0.39 is 0 Å². The summed E-state index contributed by atoms with van der Waals surface area (Å²) in [6, 6.07) is 10.5. The lowest BCUT2D eigenvalue weighted by atomic mass is 10.1. The largest absolute Gasteiger partial charge is 0.361 e.